The molecule has 0 radical (unpaired) electrons. The van der Waals surface area contributed by atoms with Crippen molar-refractivity contribution >= 4 is 11.8 Å². The molecule has 1 aromatic heterocycles. The lowest BCUT2D eigenvalue weighted by Gasteiger charge is -2.15. The Hall–Kier alpha value is -0.580. The van der Waals surface area contributed by atoms with Crippen molar-refractivity contribution in [3.05, 3.63) is 23.4 Å². The largest absolute Gasteiger partial charge is 0.395 e. The molecule has 0 aliphatic heterocycles. The number of aliphatic hydroxyl groups excluding tert-OH is 1. The van der Waals surface area contributed by atoms with Crippen LogP contribution in [0.1, 0.15) is 24.1 Å². The molecule has 2 N–H and O–H groups in total. The van der Waals surface area contributed by atoms with E-state index in [-0.39, 0.29) is 12.6 Å². The minimum atomic E-state index is 0.190. The molecule has 0 spiro atoms. The van der Waals surface area contributed by atoms with Gasteiger partial charge in [0.2, 0.25) is 0 Å². The molecular formula is C13H20N2OS. The number of nitrogens with zero attached hydrogens (tertiary/aromatic N) is 1. The molecular weight excluding hydrogens is 232 g/mol. The highest BCUT2D eigenvalue weighted by molar-refractivity contribution is 7.99. The molecule has 1 aliphatic carbocycles. The van der Waals surface area contributed by atoms with E-state index in [1.54, 1.807) is 11.8 Å². The molecule has 94 valence electrons. The van der Waals surface area contributed by atoms with Crippen molar-refractivity contribution in [2.45, 2.75) is 43.8 Å². The van der Waals surface area contributed by atoms with Gasteiger partial charge in [-0.2, -0.15) is 0 Å². The first-order valence-corrected chi connectivity index (χ1v) is 7.11. The molecule has 1 unspecified atom stereocenters. The van der Waals surface area contributed by atoms with E-state index in [1.807, 2.05) is 6.92 Å². The summed E-state index contributed by atoms with van der Waals surface area (Å²) in [5.74, 6) is 0.878. The van der Waals surface area contributed by atoms with Gasteiger partial charge in [-0.25, -0.2) is 4.98 Å². The SMILES string of the molecule is Cc1cc(C)nc(SCC(CO)NC2CC2)c1. The Morgan fingerprint density at radius 2 is 2.24 bits per heavy atom. The Morgan fingerprint density at radius 1 is 1.47 bits per heavy atom. The summed E-state index contributed by atoms with van der Waals surface area (Å²) >= 11 is 1.72. The smallest absolute Gasteiger partial charge is 0.0966 e. The maximum absolute atomic E-state index is 9.29. The summed E-state index contributed by atoms with van der Waals surface area (Å²) in [5.41, 5.74) is 2.30. The highest BCUT2D eigenvalue weighted by atomic mass is 32.2. The second kappa shape index (κ2) is 5.85. The first-order chi connectivity index (χ1) is 8.17. The van der Waals surface area contributed by atoms with E-state index in [4.69, 9.17) is 0 Å². The molecule has 3 nitrogen and oxygen atoms in total. The van der Waals surface area contributed by atoms with Crippen LogP contribution in [0.5, 0.6) is 0 Å². The van der Waals surface area contributed by atoms with Gasteiger partial charge in [-0.1, -0.05) is 0 Å². The van der Waals surface area contributed by atoms with Crippen LogP contribution in [0.25, 0.3) is 0 Å². The van der Waals surface area contributed by atoms with E-state index in [0.29, 0.717) is 6.04 Å². The van der Waals surface area contributed by atoms with Gasteiger partial charge in [0.25, 0.3) is 0 Å². The Balaban J connectivity index is 1.86. The van der Waals surface area contributed by atoms with E-state index >= 15 is 0 Å². The van der Waals surface area contributed by atoms with Crippen molar-refractivity contribution < 1.29 is 5.11 Å². The van der Waals surface area contributed by atoms with Gasteiger partial charge >= 0.3 is 0 Å². The third kappa shape index (κ3) is 4.30. The van der Waals surface area contributed by atoms with Crippen LogP contribution < -0.4 is 5.32 Å². The second-order valence-electron chi connectivity index (χ2n) is 4.76. The van der Waals surface area contributed by atoms with E-state index in [0.717, 1.165) is 16.5 Å². The van der Waals surface area contributed by atoms with E-state index in [2.05, 4.69) is 29.4 Å². The molecule has 1 saturated carbocycles. The minimum Gasteiger partial charge on any atom is -0.395 e. The predicted octanol–water partition coefficient (Wildman–Crippen LogP) is 1.90. The number of aliphatic hydroxyl groups is 1. The standard InChI is InChI=1S/C13H20N2OS/c1-9-5-10(2)14-13(6-9)17-8-12(7-16)15-11-3-4-11/h5-6,11-12,15-16H,3-4,7-8H2,1-2H3. The Labute approximate surface area is 107 Å². The van der Waals surface area contributed by atoms with Gasteiger partial charge < -0.3 is 10.4 Å². The number of rotatable bonds is 6. The van der Waals surface area contributed by atoms with Crippen molar-refractivity contribution in [3.63, 3.8) is 0 Å². The monoisotopic (exact) mass is 252 g/mol. The molecule has 1 heterocycles. The fourth-order valence-corrected chi connectivity index (χ4v) is 2.85. The third-order valence-corrected chi connectivity index (χ3v) is 3.85. The maximum Gasteiger partial charge on any atom is 0.0966 e. The molecule has 1 atom stereocenters. The quantitative estimate of drug-likeness (QED) is 0.759. The first kappa shape index (κ1) is 12.9. The lowest BCUT2D eigenvalue weighted by molar-refractivity contribution is 0.253. The van der Waals surface area contributed by atoms with Crippen LogP contribution in [0.2, 0.25) is 0 Å². The zero-order valence-corrected chi connectivity index (χ0v) is 11.3. The molecule has 17 heavy (non-hydrogen) atoms. The summed E-state index contributed by atoms with van der Waals surface area (Å²) in [6, 6.07) is 5.01. The predicted molar refractivity (Wildman–Crippen MR) is 71.5 cm³/mol. The zero-order chi connectivity index (χ0) is 12.3. The van der Waals surface area contributed by atoms with E-state index < -0.39 is 0 Å². The lowest BCUT2D eigenvalue weighted by atomic mass is 10.3. The van der Waals surface area contributed by atoms with Crippen molar-refractivity contribution in [2.24, 2.45) is 0 Å². The summed E-state index contributed by atoms with van der Waals surface area (Å²) in [6.45, 7) is 4.31. The number of nitrogens with one attached hydrogen (secondary N) is 1. The molecule has 2 rings (SSSR count). The number of thioether (sulfide) groups is 1. The van der Waals surface area contributed by atoms with Crippen LogP contribution >= 0.6 is 11.8 Å². The minimum absolute atomic E-state index is 0.190. The molecule has 1 fully saturated rings. The van der Waals surface area contributed by atoms with Crippen LogP contribution in [-0.2, 0) is 0 Å². The molecule has 0 saturated heterocycles. The fraction of sp³-hybridized carbons (Fsp3) is 0.615. The highest BCUT2D eigenvalue weighted by Gasteiger charge is 2.24. The number of hydrogen-bond donors (Lipinski definition) is 2. The molecule has 0 bridgehead atoms. The number of aryl methyl sites for hydroxylation is 2. The number of hydrogen-bond acceptors (Lipinski definition) is 4. The van der Waals surface area contributed by atoms with Gasteiger partial charge in [0, 0.05) is 23.5 Å². The van der Waals surface area contributed by atoms with Crippen LogP contribution in [-0.4, -0.2) is 34.5 Å². The van der Waals surface area contributed by atoms with Gasteiger partial charge in [-0.05, 0) is 44.4 Å². The molecule has 1 aliphatic rings. The van der Waals surface area contributed by atoms with Crippen LogP contribution in [0.15, 0.2) is 17.2 Å². The molecule has 0 amide bonds. The van der Waals surface area contributed by atoms with E-state index in [1.165, 1.54) is 18.4 Å². The number of aromatic nitrogens is 1. The average Bonchev–Trinajstić information content (AvgIpc) is 3.06. The van der Waals surface area contributed by atoms with Gasteiger partial charge in [0.1, 0.15) is 0 Å². The van der Waals surface area contributed by atoms with Gasteiger partial charge in [-0.3, -0.25) is 0 Å². The van der Waals surface area contributed by atoms with Gasteiger partial charge in [0.05, 0.1) is 11.6 Å². The summed E-state index contributed by atoms with van der Waals surface area (Å²) in [5, 5.41) is 13.8. The summed E-state index contributed by atoms with van der Waals surface area (Å²) in [4.78, 5) is 4.49. The van der Waals surface area contributed by atoms with Crippen LogP contribution in [0, 0.1) is 13.8 Å². The highest BCUT2D eigenvalue weighted by Crippen LogP contribution is 2.22. The van der Waals surface area contributed by atoms with Crippen molar-refractivity contribution in [2.75, 3.05) is 12.4 Å². The molecule has 1 aromatic rings. The Bertz CT molecular complexity index is 359. The van der Waals surface area contributed by atoms with Gasteiger partial charge in [-0.15, -0.1) is 11.8 Å². The summed E-state index contributed by atoms with van der Waals surface area (Å²) in [7, 11) is 0. The average molecular weight is 252 g/mol. The third-order valence-electron chi connectivity index (χ3n) is 2.78. The van der Waals surface area contributed by atoms with Crippen molar-refractivity contribution in [3.8, 4) is 0 Å². The van der Waals surface area contributed by atoms with Crippen LogP contribution in [0.4, 0.5) is 0 Å². The lowest BCUT2D eigenvalue weighted by Crippen LogP contribution is -2.36. The van der Waals surface area contributed by atoms with Crippen molar-refractivity contribution in [1.82, 2.24) is 10.3 Å². The Kier molecular flexibility index (Phi) is 4.42. The summed E-state index contributed by atoms with van der Waals surface area (Å²) in [6.07, 6.45) is 2.51. The van der Waals surface area contributed by atoms with Gasteiger partial charge in [0.15, 0.2) is 0 Å². The maximum atomic E-state index is 9.29. The summed E-state index contributed by atoms with van der Waals surface area (Å²) < 4.78 is 0. The first-order valence-electron chi connectivity index (χ1n) is 6.12. The van der Waals surface area contributed by atoms with Crippen molar-refractivity contribution in [1.29, 1.82) is 0 Å². The van der Waals surface area contributed by atoms with E-state index in [9.17, 15) is 5.11 Å². The molecule has 0 aromatic carbocycles. The Morgan fingerprint density at radius 3 is 2.82 bits per heavy atom. The second-order valence-corrected chi connectivity index (χ2v) is 5.80. The zero-order valence-electron chi connectivity index (χ0n) is 10.4. The fourth-order valence-electron chi connectivity index (χ4n) is 1.80. The normalized spacial score (nSPS) is 17.1. The molecule has 4 heteroatoms. The number of pyridine rings is 1. The van der Waals surface area contributed by atoms with Crippen LogP contribution in [0.3, 0.4) is 0 Å². The topological polar surface area (TPSA) is 45.2 Å².